The molecule has 1 atom stereocenters. The van der Waals surface area contributed by atoms with Gasteiger partial charge in [0, 0.05) is 18.3 Å². The van der Waals surface area contributed by atoms with E-state index in [1.54, 1.807) is 4.90 Å². The van der Waals surface area contributed by atoms with Gasteiger partial charge in [-0.3, -0.25) is 4.90 Å². The van der Waals surface area contributed by atoms with Crippen LogP contribution >= 0.6 is 0 Å². The minimum Gasteiger partial charge on any atom is -0.333 e. The molecule has 19 heavy (non-hydrogen) atoms. The molecule has 0 spiro atoms. The van der Waals surface area contributed by atoms with Crippen LogP contribution in [0.25, 0.3) is 0 Å². The van der Waals surface area contributed by atoms with Crippen LogP contribution in [0.2, 0.25) is 0 Å². The average Bonchev–Trinajstić information content (AvgIpc) is 2.70. The van der Waals surface area contributed by atoms with Crippen molar-refractivity contribution in [2.24, 2.45) is 5.73 Å². The summed E-state index contributed by atoms with van der Waals surface area (Å²) in [6.07, 6.45) is 0.822. The van der Waals surface area contributed by atoms with Crippen molar-refractivity contribution in [1.29, 1.82) is 0 Å². The molecule has 1 aromatic carbocycles. The summed E-state index contributed by atoms with van der Waals surface area (Å²) < 4.78 is 0. The maximum atomic E-state index is 11.9. The van der Waals surface area contributed by atoms with Gasteiger partial charge in [-0.2, -0.15) is 0 Å². The zero-order valence-corrected chi connectivity index (χ0v) is 11.9. The number of carbonyl (C=O) groups excluding carboxylic acids is 1. The summed E-state index contributed by atoms with van der Waals surface area (Å²) in [6, 6.07) is 8.37. The first-order valence-electron chi connectivity index (χ1n) is 6.80. The van der Waals surface area contributed by atoms with Gasteiger partial charge in [0.2, 0.25) is 0 Å². The largest absolute Gasteiger partial charge is 0.333 e. The highest BCUT2D eigenvalue weighted by molar-refractivity contribution is 5.94. The third kappa shape index (κ3) is 3.07. The minimum absolute atomic E-state index is 0.0260. The van der Waals surface area contributed by atoms with E-state index in [0.717, 1.165) is 12.1 Å². The van der Waals surface area contributed by atoms with Gasteiger partial charge in [0.15, 0.2) is 0 Å². The monoisotopic (exact) mass is 261 g/mol. The number of rotatable bonds is 3. The first-order chi connectivity index (χ1) is 8.91. The van der Waals surface area contributed by atoms with Crippen molar-refractivity contribution < 1.29 is 4.79 Å². The molecule has 0 radical (unpaired) electrons. The summed E-state index contributed by atoms with van der Waals surface area (Å²) in [5.41, 5.74) is 7.89. The van der Waals surface area contributed by atoms with E-state index in [4.69, 9.17) is 5.73 Å². The Kier molecular flexibility index (Phi) is 3.80. The number of carbonyl (C=O) groups is 1. The quantitative estimate of drug-likeness (QED) is 0.876. The fraction of sp³-hybridized carbons (Fsp3) is 0.533. The van der Waals surface area contributed by atoms with Gasteiger partial charge in [0.25, 0.3) is 0 Å². The van der Waals surface area contributed by atoms with Crippen molar-refractivity contribution in [2.75, 3.05) is 18.0 Å². The second-order valence-corrected chi connectivity index (χ2v) is 6.13. The predicted molar refractivity (Wildman–Crippen MR) is 78.5 cm³/mol. The molecular weight excluding hydrogens is 238 g/mol. The normalized spacial score (nSPS) is 19.7. The standard InChI is InChI=1S/C15H23N3O/c1-15(2,3)11-4-6-13(7-5-11)18-10-12(8-9-16)17-14(18)19/h4-7,12H,8-10,16H2,1-3H3,(H,17,19). The molecule has 0 aliphatic carbocycles. The molecule has 1 heterocycles. The Morgan fingerprint density at radius 3 is 2.47 bits per heavy atom. The van der Waals surface area contributed by atoms with Crippen LogP contribution in [0.5, 0.6) is 0 Å². The molecule has 0 aromatic heterocycles. The fourth-order valence-corrected chi connectivity index (χ4v) is 2.33. The SMILES string of the molecule is CC(C)(C)c1ccc(N2CC(CCN)NC2=O)cc1. The molecular formula is C15H23N3O. The number of hydrogen-bond donors (Lipinski definition) is 2. The van der Waals surface area contributed by atoms with E-state index in [1.807, 2.05) is 12.1 Å². The van der Waals surface area contributed by atoms with Gasteiger partial charge in [-0.25, -0.2) is 4.79 Å². The van der Waals surface area contributed by atoms with E-state index in [-0.39, 0.29) is 17.5 Å². The molecule has 2 amide bonds. The lowest BCUT2D eigenvalue weighted by molar-refractivity contribution is 0.250. The third-order valence-corrected chi connectivity index (χ3v) is 3.54. The molecule has 3 N–H and O–H groups in total. The molecule has 4 heteroatoms. The molecule has 1 fully saturated rings. The van der Waals surface area contributed by atoms with E-state index in [0.29, 0.717) is 13.1 Å². The highest BCUT2D eigenvalue weighted by atomic mass is 16.2. The Labute approximate surface area is 115 Å². The number of urea groups is 1. The van der Waals surface area contributed by atoms with Crippen LogP contribution in [0.1, 0.15) is 32.8 Å². The van der Waals surface area contributed by atoms with Crippen molar-refractivity contribution in [2.45, 2.75) is 38.6 Å². The smallest absolute Gasteiger partial charge is 0.322 e. The zero-order chi connectivity index (χ0) is 14.0. The van der Waals surface area contributed by atoms with Crippen LogP contribution in [0.4, 0.5) is 10.5 Å². The molecule has 0 bridgehead atoms. The van der Waals surface area contributed by atoms with E-state index >= 15 is 0 Å². The van der Waals surface area contributed by atoms with Gasteiger partial charge in [-0.1, -0.05) is 32.9 Å². The lowest BCUT2D eigenvalue weighted by Crippen LogP contribution is -2.29. The number of nitrogens with zero attached hydrogens (tertiary/aromatic N) is 1. The van der Waals surface area contributed by atoms with Crippen molar-refractivity contribution in [1.82, 2.24) is 5.32 Å². The number of benzene rings is 1. The highest BCUT2D eigenvalue weighted by Gasteiger charge is 2.29. The molecule has 1 aromatic rings. The van der Waals surface area contributed by atoms with Gasteiger partial charge in [0.1, 0.15) is 0 Å². The highest BCUT2D eigenvalue weighted by Crippen LogP contribution is 2.26. The molecule has 0 saturated carbocycles. The van der Waals surface area contributed by atoms with E-state index < -0.39 is 0 Å². The van der Waals surface area contributed by atoms with Gasteiger partial charge < -0.3 is 11.1 Å². The number of nitrogens with two attached hydrogens (primary N) is 1. The number of nitrogens with one attached hydrogen (secondary N) is 1. The Hall–Kier alpha value is -1.55. The average molecular weight is 261 g/mol. The molecule has 4 nitrogen and oxygen atoms in total. The van der Waals surface area contributed by atoms with Crippen molar-refractivity contribution in [3.8, 4) is 0 Å². The lowest BCUT2D eigenvalue weighted by Gasteiger charge is -2.21. The van der Waals surface area contributed by atoms with Crippen molar-refractivity contribution in [3.63, 3.8) is 0 Å². The second-order valence-electron chi connectivity index (χ2n) is 6.13. The summed E-state index contributed by atoms with van der Waals surface area (Å²) in [5.74, 6) is 0. The van der Waals surface area contributed by atoms with Gasteiger partial charge in [0.05, 0.1) is 0 Å². The Morgan fingerprint density at radius 2 is 1.95 bits per heavy atom. The summed E-state index contributed by atoms with van der Waals surface area (Å²) in [5, 5.41) is 2.96. The van der Waals surface area contributed by atoms with E-state index in [2.05, 4.69) is 38.2 Å². The molecule has 1 saturated heterocycles. The van der Waals surface area contributed by atoms with E-state index in [1.165, 1.54) is 5.56 Å². The van der Waals surface area contributed by atoms with Crippen LogP contribution in [-0.2, 0) is 5.41 Å². The minimum atomic E-state index is -0.0260. The maximum Gasteiger partial charge on any atom is 0.322 e. The van der Waals surface area contributed by atoms with E-state index in [9.17, 15) is 4.79 Å². The number of amides is 2. The fourth-order valence-electron chi connectivity index (χ4n) is 2.33. The molecule has 104 valence electrons. The molecule has 1 aliphatic rings. The first kappa shape index (κ1) is 13.9. The molecule has 2 rings (SSSR count). The predicted octanol–water partition coefficient (Wildman–Crippen LogP) is 2.23. The molecule has 1 aliphatic heterocycles. The van der Waals surface area contributed by atoms with Gasteiger partial charge >= 0.3 is 6.03 Å². The maximum absolute atomic E-state index is 11.9. The summed E-state index contributed by atoms with van der Waals surface area (Å²) in [7, 11) is 0. The van der Waals surface area contributed by atoms with Crippen molar-refractivity contribution in [3.05, 3.63) is 29.8 Å². The van der Waals surface area contributed by atoms with Gasteiger partial charge in [-0.05, 0) is 36.1 Å². The Balaban J connectivity index is 2.13. The topological polar surface area (TPSA) is 58.4 Å². The molecule has 1 unspecified atom stereocenters. The lowest BCUT2D eigenvalue weighted by atomic mass is 9.87. The second kappa shape index (κ2) is 5.21. The van der Waals surface area contributed by atoms with Crippen LogP contribution in [0.15, 0.2) is 24.3 Å². The summed E-state index contributed by atoms with van der Waals surface area (Å²) >= 11 is 0. The number of anilines is 1. The van der Waals surface area contributed by atoms with Crippen LogP contribution in [-0.4, -0.2) is 25.2 Å². The summed E-state index contributed by atoms with van der Waals surface area (Å²) in [6.45, 7) is 7.85. The summed E-state index contributed by atoms with van der Waals surface area (Å²) in [4.78, 5) is 13.7. The Morgan fingerprint density at radius 1 is 1.32 bits per heavy atom. The van der Waals surface area contributed by atoms with Crippen molar-refractivity contribution >= 4 is 11.7 Å². The van der Waals surface area contributed by atoms with Crippen LogP contribution < -0.4 is 16.0 Å². The van der Waals surface area contributed by atoms with Gasteiger partial charge in [-0.15, -0.1) is 0 Å². The third-order valence-electron chi connectivity index (χ3n) is 3.54. The Bertz CT molecular complexity index is 447. The zero-order valence-electron chi connectivity index (χ0n) is 11.9. The first-order valence-corrected chi connectivity index (χ1v) is 6.80. The van der Waals surface area contributed by atoms with Crippen LogP contribution in [0.3, 0.4) is 0 Å². The number of hydrogen-bond acceptors (Lipinski definition) is 2. The van der Waals surface area contributed by atoms with Crippen LogP contribution in [0, 0.1) is 0 Å².